The van der Waals surface area contributed by atoms with E-state index in [-0.39, 0.29) is 5.91 Å². The second-order valence-electron chi connectivity index (χ2n) is 5.93. The predicted molar refractivity (Wildman–Crippen MR) is 88.9 cm³/mol. The molecule has 0 aromatic heterocycles. The van der Waals surface area contributed by atoms with Crippen LogP contribution in [0.4, 0.5) is 5.69 Å². The minimum Gasteiger partial charge on any atom is -0.325 e. The Labute approximate surface area is 127 Å². The zero-order chi connectivity index (χ0) is 15.6. The number of aryl methyl sites for hydroxylation is 5. The van der Waals surface area contributed by atoms with Gasteiger partial charge in [0.1, 0.15) is 0 Å². The van der Waals surface area contributed by atoms with Gasteiger partial charge in [-0.1, -0.05) is 41.5 Å². The molecule has 2 rings (SSSR count). The van der Waals surface area contributed by atoms with Gasteiger partial charge in [0.25, 0.3) is 0 Å². The van der Waals surface area contributed by atoms with Gasteiger partial charge in [0.05, 0.1) is 6.42 Å². The molecule has 0 heterocycles. The first-order valence-electron chi connectivity index (χ1n) is 7.30. The quantitative estimate of drug-likeness (QED) is 0.887. The smallest absolute Gasteiger partial charge is 0.228 e. The number of hydrogen-bond donors (Lipinski definition) is 1. The molecule has 1 N–H and O–H groups in total. The van der Waals surface area contributed by atoms with Crippen molar-refractivity contribution < 1.29 is 4.79 Å². The Morgan fingerprint density at radius 2 is 1.48 bits per heavy atom. The van der Waals surface area contributed by atoms with Gasteiger partial charge in [0.2, 0.25) is 5.91 Å². The molecule has 2 nitrogen and oxygen atoms in total. The molecule has 2 aromatic carbocycles. The fraction of sp³-hybridized carbons (Fsp3) is 0.316. The Bertz CT molecular complexity index is 663. The van der Waals surface area contributed by atoms with Gasteiger partial charge in [0.15, 0.2) is 0 Å². The largest absolute Gasteiger partial charge is 0.325 e. The normalized spacial score (nSPS) is 10.5. The van der Waals surface area contributed by atoms with Crippen LogP contribution in [0.25, 0.3) is 0 Å². The van der Waals surface area contributed by atoms with Gasteiger partial charge < -0.3 is 5.32 Å². The zero-order valence-electron chi connectivity index (χ0n) is 13.5. The molecule has 21 heavy (non-hydrogen) atoms. The van der Waals surface area contributed by atoms with Crippen molar-refractivity contribution in [2.75, 3.05) is 5.32 Å². The number of benzene rings is 2. The average molecular weight is 281 g/mol. The molecule has 2 aromatic rings. The molecule has 0 saturated carbocycles. The van der Waals surface area contributed by atoms with Gasteiger partial charge in [0, 0.05) is 5.69 Å². The first kappa shape index (κ1) is 15.3. The number of carbonyl (C=O) groups is 1. The highest BCUT2D eigenvalue weighted by molar-refractivity contribution is 5.94. The minimum atomic E-state index is 0.0405. The molecule has 2 heteroatoms. The van der Waals surface area contributed by atoms with Crippen molar-refractivity contribution in [2.24, 2.45) is 0 Å². The fourth-order valence-electron chi connectivity index (χ4n) is 2.72. The Hall–Kier alpha value is -2.09. The van der Waals surface area contributed by atoms with Gasteiger partial charge >= 0.3 is 0 Å². The van der Waals surface area contributed by atoms with Gasteiger partial charge in [-0.05, 0) is 56.9 Å². The highest BCUT2D eigenvalue weighted by atomic mass is 16.1. The van der Waals surface area contributed by atoms with Crippen LogP contribution < -0.4 is 5.32 Å². The molecule has 110 valence electrons. The van der Waals surface area contributed by atoms with E-state index in [0.717, 1.165) is 27.9 Å². The van der Waals surface area contributed by atoms with Gasteiger partial charge in [-0.15, -0.1) is 0 Å². The lowest BCUT2D eigenvalue weighted by Crippen LogP contribution is -2.16. The molecule has 0 aliphatic carbocycles. The van der Waals surface area contributed by atoms with Crippen LogP contribution in [-0.2, 0) is 11.2 Å². The van der Waals surface area contributed by atoms with Crippen LogP contribution >= 0.6 is 0 Å². The van der Waals surface area contributed by atoms with Crippen LogP contribution in [-0.4, -0.2) is 5.91 Å². The molecule has 0 atom stereocenters. The number of carbonyl (C=O) groups excluding carboxylic acids is 1. The standard InChI is InChI=1S/C19H23NO/c1-12-6-7-14(3)17(10-12)11-18(21)20-19-15(4)8-13(2)9-16(19)5/h6-10H,11H2,1-5H3,(H,20,21). The molecule has 0 saturated heterocycles. The first-order valence-corrected chi connectivity index (χ1v) is 7.30. The van der Waals surface area contributed by atoms with Crippen LogP contribution in [0.3, 0.4) is 0 Å². The van der Waals surface area contributed by atoms with Crippen molar-refractivity contribution in [1.29, 1.82) is 0 Å². The van der Waals surface area contributed by atoms with Gasteiger partial charge in [-0.3, -0.25) is 4.79 Å². The van der Waals surface area contributed by atoms with E-state index in [1.54, 1.807) is 0 Å². The maximum Gasteiger partial charge on any atom is 0.228 e. The lowest BCUT2D eigenvalue weighted by molar-refractivity contribution is -0.115. The molecule has 0 radical (unpaired) electrons. The summed E-state index contributed by atoms with van der Waals surface area (Å²) in [6.07, 6.45) is 0.417. The average Bonchev–Trinajstić information content (AvgIpc) is 2.38. The highest BCUT2D eigenvalue weighted by Crippen LogP contribution is 2.22. The molecule has 0 aliphatic rings. The number of anilines is 1. The van der Waals surface area contributed by atoms with Crippen LogP contribution in [0, 0.1) is 34.6 Å². The summed E-state index contributed by atoms with van der Waals surface area (Å²) in [6, 6.07) is 10.4. The lowest BCUT2D eigenvalue weighted by atomic mass is 10.0. The zero-order valence-corrected chi connectivity index (χ0v) is 13.5. The van der Waals surface area contributed by atoms with Crippen LogP contribution in [0.2, 0.25) is 0 Å². The highest BCUT2D eigenvalue weighted by Gasteiger charge is 2.10. The molecule has 0 aliphatic heterocycles. The molecule has 0 unspecified atom stereocenters. The topological polar surface area (TPSA) is 29.1 Å². The number of amides is 1. The van der Waals surface area contributed by atoms with E-state index in [2.05, 4.69) is 49.5 Å². The van der Waals surface area contributed by atoms with Crippen molar-refractivity contribution >= 4 is 11.6 Å². The van der Waals surface area contributed by atoms with Crippen molar-refractivity contribution in [3.8, 4) is 0 Å². The summed E-state index contributed by atoms with van der Waals surface area (Å²) in [4.78, 5) is 12.3. The van der Waals surface area contributed by atoms with E-state index < -0.39 is 0 Å². The van der Waals surface area contributed by atoms with Crippen molar-refractivity contribution in [2.45, 2.75) is 41.0 Å². The van der Waals surface area contributed by atoms with Crippen LogP contribution in [0.1, 0.15) is 33.4 Å². The van der Waals surface area contributed by atoms with Crippen LogP contribution in [0.5, 0.6) is 0 Å². The van der Waals surface area contributed by atoms with Crippen LogP contribution in [0.15, 0.2) is 30.3 Å². The summed E-state index contributed by atoms with van der Waals surface area (Å²) >= 11 is 0. The predicted octanol–water partition coefficient (Wildman–Crippen LogP) is 4.41. The molecule has 0 spiro atoms. The third-order valence-corrected chi connectivity index (χ3v) is 3.80. The van der Waals surface area contributed by atoms with Gasteiger partial charge in [-0.2, -0.15) is 0 Å². The summed E-state index contributed by atoms with van der Waals surface area (Å²) in [5, 5.41) is 3.06. The second kappa shape index (κ2) is 6.13. The summed E-state index contributed by atoms with van der Waals surface area (Å²) in [6.45, 7) is 10.2. The van der Waals surface area contributed by atoms with E-state index in [9.17, 15) is 4.79 Å². The van der Waals surface area contributed by atoms with E-state index in [0.29, 0.717) is 6.42 Å². The van der Waals surface area contributed by atoms with Crippen molar-refractivity contribution in [1.82, 2.24) is 0 Å². The first-order chi connectivity index (χ1) is 9.86. The monoisotopic (exact) mass is 281 g/mol. The summed E-state index contributed by atoms with van der Waals surface area (Å²) in [5.41, 5.74) is 7.83. The molecular weight excluding hydrogens is 258 g/mol. The summed E-state index contributed by atoms with van der Waals surface area (Å²) in [5.74, 6) is 0.0405. The van der Waals surface area contributed by atoms with Gasteiger partial charge in [-0.25, -0.2) is 0 Å². The fourth-order valence-corrected chi connectivity index (χ4v) is 2.72. The van der Waals surface area contributed by atoms with E-state index >= 15 is 0 Å². The van der Waals surface area contributed by atoms with E-state index in [4.69, 9.17) is 0 Å². The Kier molecular flexibility index (Phi) is 4.46. The van der Waals surface area contributed by atoms with Crippen molar-refractivity contribution in [3.63, 3.8) is 0 Å². The molecule has 1 amide bonds. The van der Waals surface area contributed by atoms with E-state index in [1.165, 1.54) is 11.1 Å². The lowest BCUT2D eigenvalue weighted by Gasteiger charge is -2.13. The minimum absolute atomic E-state index is 0.0405. The maximum atomic E-state index is 12.3. The van der Waals surface area contributed by atoms with Crippen molar-refractivity contribution in [3.05, 3.63) is 63.7 Å². The third-order valence-electron chi connectivity index (χ3n) is 3.80. The SMILES string of the molecule is Cc1cc(C)c(NC(=O)Cc2cc(C)ccc2C)c(C)c1. The summed E-state index contributed by atoms with van der Waals surface area (Å²) < 4.78 is 0. The maximum absolute atomic E-state index is 12.3. The molecule has 0 fully saturated rings. The Morgan fingerprint density at radius 3 is 2.10 bits per heavy atom. The Morgan fingerprint density at radius 1 is 0.857 bits per heavy atom. The summed E-state index contributed by atoms with van der Waals surface area (Å²) in [7, 11) is 0. The number of hydrogen-bond acceptors (Lipinski definition) is 1. The third kappa shape index (κ3) is 3.72. The molecule has 0 bridgehead atoms. The Balaban J connectivity index is 2.17. The molecular formula is C19H23NO. The second-order valence-corrected chi connectivity index (χ2v) is 5.93. The number of rotatable bonds is 3. The van der Waals surface area contributed by atoms with E-state index in [1.807, 2.05) is 20.8 Å². The number of nitrogens with one attached hydrogen (secondary N) is 1.